The SMILES string of the molecule is NCC1(c2ccc(N)cc2)CCC1. The molecule has 0 amide bonds. The van der Waals surface area contributed by atoms with Crippen molar-refractivity contribution < 1.29 is 0 Å². The molecule has 0 bridgehead atoms. The van der Waals surface area contributed by atoms with Gasteiger partial charge in [0.15, 0.2) is 0 Å². The molecular formula is C11H16N2. The van der Waals surface area contributed by atoms with E-state index in [0.717, 1.165) is 12.2 Å². The summed E-state index contributed by atoms with van der Waals surface area (Å²) in [6.45, 7) is 0.761. The van der Waals surface area contributed by atoms with Gasteiger partial charge in [0.25, 0.3) is 0 Å². The first kappa shape index (κ1) is 8.57. The monoisotopic (exact) mass is 176 g/mol. The average molecular weight is 176 g/mol. The number of nitrogen functional groups attached to an aromatic ring is 1. The Kier molecular flexibility index (Phi) is 2.00. The molecule has 0 unspecified atom stereocenters. The fourth-order valence-corrected chi connectivity index (χ4v) is 2.05. The second kappa shape index (κ2) is 3.04. The van der Waals surface area contributed by atoms with Crippen molar-refractivity contribution in [1.29, 1.82) is 0 Å². The van der Waals surface area contributed by atoms with E-state index in [2.05, 4.69) is 12.1 Å². The lowest BCUT2D eigenvalue weighted by molar-refractivity contribution is 0.253. The molecule has 0 atom stereocenters. The van der Waals surface area contributed by atoms with E-state index in [1.54, 1.807) is 0 Å². The van der Waals surface area contributed by atoms with Crippen LogP contribution in [0, 0.1) is 0 Å². The Hall–Kier alpha value is -1.02. The molecule has 0 radical (unpaired) electrons. The van der Waals surface area contributed by atoms with Gasteiger partial charge in [0.1, 0.15) is 0 Å². The Labute approximate surface area is 78.9 Å². The predicted octanol–water partition coefficient (Wildman–Crippen LogP) is 1.65. The van der Waals surface area contributed by atoms with Gasteiger partial charge in [-0.05, 0) is 30.5 Å². The Morgan fingerprint density at radius 3 is 2.15 bits per heavy atom. The molecule has 1 aliphatic rings. The highest BCUT2D eigenvalue weighted by Crippen LogP contribution is 2.42. The van der Waals surface area contributed by atoms with Gasteiger partial charge in [-0.15, -0.1) is 0 Å². The number of benzene rings is 1. The summed E-state index contributed by atoms with van der Waals surface area (Å²) in [7, 11) is 0. The average Bonchev–Trinajstić information content (AvgIpc) is 2.07. The molecule has 1 aliphatic carbocycles. The summed E-state index contributed by atoms with van der Waals surface area (Å²) in [5.74, 6) is 0. The van der Waals surface area contributed by atoms with Crippen molar-refractivity contribution in [2.45, 2.75) is 24.7 Å². The summed E-state index contributed by atoms with van der Waals surface area (Å²) in [5, 5.41) is 0. The van der Waals surface area contributed by atoms with Crippen molar-refractivity contribution in [3.05, 3.63) is 29.8 Å². The van der Waals surface area contributed by atoms with E-state index in [1.807, 2.05) is 12.1 Å². The molecule has 70 valence electrons. The second-order valence-electron chi connectivity index (χ2n) is 3.96. The number of anilines is 1. The lowest BCUT2D eigenvalue weighted by atomic mass is 9.64. The number of hydrogen-bond acceptors (Lipinski definition) is 2. The van der Waals surface area contributed by atoms with Crippen LogP contribution in [0.15, 0.2) is 24.3 Å². The van der Waals surface area contributed by atoms with E-state index in [4.69, 9.17) is 11.5 Å². The molecule has 0 heterocycles. The first-order valence-electron chi connectivity index (χ1n) is 4.83. The molecule has 2 rings (SSSR count). The van der Waals surface area contributed by atoms with Crippen molar-refractivity contribution >= 4 is 5.69 Å². The summed E-state index contributed by atoms with van der Waals surface area (Å²) in [6.07, 6.45) is 3.77. The second-order valence-corrected chi connectivity index (χ2v) is 3.96. The molecule has 1 aromatic rings. The van der Waals surface area contributed by atoms with Crippen molar-refractivity contribution in [3.63, 3.8) is 0 Å². The summed E-state index contributed by atoms with van der Waals surface area (Å²) in [5.41, 5.74) is 13.9. The summed E-state index contributed by atoms with van der Waals surface area (Å²) in [6, 6.07) is 8.15. The zero-order chi connectivity index (χ0) is 9.31. The third kappa shape index (κ3) is 1.31. The van der Waals surface area contributed by atoms with Gasteiger partial charge in [0, 0.05) is 17.6 Å². The minimum Gasteiger partial charge on any atom is -0.399 e. The largest absolute Gasteiger partial charge is 0.399 e. The highest BCUT2D eigenvalue weighted by Gasteiger charge is 2.36. The predicted molar refractivity (Wildman–Crippen MR) is 55.4 cm³/mol. The number of hydrogen-bond donors (Lipinski definition) is 2. The fraction of sp³-hybridized carbons (Fsp3) is 0.455. The molecule has 13 heavy (non-hydrogen) atoms. The van der Waals surface area contributed by atoms with Crippen LogP contribution < -0.4 is 11.5 Å². The molecule has 1 saturated carbocycles. The summed E-state index contributed by atoms with van der Waals surface area (Å²) >= 11 is 0. The highest BCUT2D eigenvalue weighted by atomic mass is 14.6. The van der Waals surface area contributed by atoms with Crippen LogP contribution in [0.3, 0.4) is 0 Å². The van der Waals surface area contributed by atoms with E-state index < -0.39 is 0 Å². The van der Waals surface area contributed by atoms with Crippen molar-refractivity contribution in [2.24, 2.45) is 5.73 Å². The molecule has 0 aliphatic heterocycles. The van der Waals surface area contributed by atoms with Crippen LogP contribution in [-0.4, -0.2) is 6.54 Å². The van der Waals surface area contributed by atoms with Crippen molar-refractivity contribution in [1.82, 2.24) is 0 Å². The fourth-order valence-electron chi connectivity index (χ4n) is 2.05. The van der Waals surface area contributed by atoms with Crippen LogP contribution in [0.2, 0.25) is 0 Å². The van der Waals surface area contributed by atoms with Gasteiger partial charge in [-0.25, -0.2) is 0 Å². The van der Waals surface area contributed by atoms with Gasteiger partial charge < -0.3 is 11.5 Å². The standard InChI is InChI=1S/C11H16N2/c12-8-11(6-1-7-11)9-2-4-10(13)5-3-9/h2-5H,1,6-8,12-13H2. The molecule has 0 aromatic heterocycles. The van der Waals surface area contributed by atoms with Crippen LogP contribution in [-0.2, 0) is 5.41 Å². The van der Waals surface area contributed by atoms with Gasteiger partial charge in [-0.1, -0.05) is 18.6 Å². The summed E-state index contributed by atoms with van der Waals surface area (Å²) < 4.78 is 0. The number of rotatable bonds is 2. The van der Waals surface area contributed by atoms with E-state index in [0.29, 0.717) is 0 Å². The lowest BCUT2D eigenvalue weighted by Crippen LogP contribution is -2.41. The third-order valence-corrected chi connectivity index (χ3v) is 3.22. The molecule has 0 saturated heterocycles. The minimum atomic E-state index is 0.272. The van der Waals surface area contributed by atoms with E-state index in [-0.39, 0.29) is 5.41 Å². The minimum absolute atomic E-state index is 0.272. The molecule has 2 nitrogen and oxygen atoms in total. The van der Waals surface area contributed by atoms with Gasteiger partial charge >= 0.3 is 0 Å². The maximum atomic E-state index is 5.81. The Balaban J connectivity index is 2.28. The Morgan fingerprint density at radius 1 is 1.15 bits per heavy atom. The molecule has 2 heteroatoms. The van der Waals surface area contributed by atoms with Crippen molar-refractivity contribution in [2.75, 3.05) is 12.3 Å². The first-order valence-corrected chi connectivity index (χ1v) is 4.83. The normalized spacial score (nSPS) is 19.5. The molecule has 1 fully saturated rings. The molecular weight excluding hydrogens is 160 g/mol. The zero-order valence-electron chi connectivity index (χ0n) is 7.79. The zero-order valence-corrected chi connectivity index (χ0v) is 7.79. The van der Waals surface area contributed by atoms with Crippen LogP contribution in [0.25, 0.3) is 0 Å². The molecule has 0 spiro atoms. The van der Waals surface area contributed by atoms with Crippen LogP contribution in [0.1, 0.15) is 24.8 Å². The summed E-state index contributed by atoms with van der Waals surface area (Å²) in [4.78, 5) is 0. The van der Waals surface area contributed by atoms with E-state index in [9.17, 15) is 0 Å². The Bertz CT molecular complexity index is 280. The van der Waals surface area contributed by atoms with Crippen LogP contribution >= 0.6 is 0 Å². The molecule has 1 aromatic carbocycles. The van der Waals surface area contributed by atoms with Gasteiger partial charge in [0.2, 0.25) is 0 Å². The van der Waals surface area contributed by atoms with Crippen molar-refractivity contribution in [3.8, 4) is 0 Å². The smallest absolute Gasteiger partial charge is 0.0314 e. The number of nitrogens with two attached hydrogens (primary N) is 2. The maximum absolute atomic E-state index is 5.81. The van der Waals surface area contributed by atoms with E-state index in [1.165, 1.54) is 24.8 Å². The van der Waals surface area contributed by atoms with E-state index >= 15 is 0 Å². The van der Waals surface area contributed by atoms with Gasteiger partial charge in [0.05, 0.1) is 0 Å². The highest BCUT2D eigenvalue weighted by molar-refractivity contribution is 5.42. The maximum Gasteiger partial charge on any atom is 0.0314 e. The quantitative estimate of drug-likeness (QED) is 0.673. The Morgan fingerprint density at radius 2 is 1.77 bits per heavy atom. The molecule has 4 N–H and O–H groups in total. The van der Waals surface area contributed by atoms with Crippen LogP contribution in [0.4, 0.5) is 5.69 Å². The van der Waals surface area contributed by atoms with Gasteiger partial charge in [-0.3, -0.25) is 0 Å². The van der Waals surface area contributed by atoms with Gasteiger partial charge in [-0.2, -0.15) is 0 Å². The first-order chi connectivity index (χ1) is 6.27. The third-order valence-electron chi connectivity index (χ3n) is 3.22. The van der Waals surface area contributed by atoms with Crippen LogP contribution in [0.5, 0.6) is 0 Å². The topological polar surface area (TPSA) is 52.0 Å². The lowest BCUT2D eigenvalue weighted by Gasteiger charge is -2.41.